The lowest BCUT2D eigenvalue weighted by molar-refractivity contribution is -0.385. The van der Waals surface area contributed by atoms with Gasteiger partial charge >= 0.3 is 0 Å². The van der Waals surface area contributed by atoms with Gasteiger partial charge in [0.25, 0.3) is 11.2 Å². The molecule has 0 aliphatic heterocycles. The van der Waals surface area contributed by atoms with Crippen LogP contribution in [0.2, 0.25) is 0 Å². The van der Waals surface area contributed by atoms with E-state index in [1.54, 1.807) is 47.9 Å². The predicted octanol–water partition coefficient (Wildman–Crippen LogP) is 4.17. The van der Waals surface area contributed by atoms with Gasteiger partial charge in [-0.3, -0.25) is 24.3 Å². The molecule has 0 saturated carbocycles. The quantitative estimate of drug-likeness (QED) is 0.204. The summed E-state index contributed by atoms with van der Waals surface area (Å²) in [7, 11) is 0. The van der Waals surface area contributed by atoms with Crippen molar-refractivity contribution in [2.45, 2.75) is 32.0 Å². The molecule has 0 atom stereocenters. The van der Waals surface area contributed by atoms with Crippen LogP contribution in [0.25, 0.3) is 10.9 Å². The number of ketones is 1. The van der Waals surface area contributed by atoms with Gasteiger partial charge in [-0.05, 0) is 32.9 Å². The number of benzene rings is 2. The van der Waals surface area contributed by atoms with Crippen molar-refractivity contribution in [2.75, 3.05) is 5.75 Å². The zero-order valence-electron chi connectivity index (χ0n) is 15.7. The fraction of sp³-hybridized carbons (Fsp3) is 0.250. The molecule has 0 fully saturated rings. The van der Waals surface area contributed by atoms with Crippen molar-refractivity contribution in [3.05, 3.63) is 74.1 Å². The second-order valence-electron chi connectivity index (χ2n) is 6.65. The number of nitrogens with zero attached hydrogens (tertiary/aromatic N) is 3. The lowest BCUT2D eigenvalue weighted by Crippen LogP contribution is -2.25. The molecule has 8 heteroatoms. The first-order chi connectivity index (χ1) is 13.3. The van der Waals surface area contributed by atoms with Crippen LogP contribution in [0.3, 0.4) is 0 Å². The summed E-state index contributed by atoms with van der Waals surface area (Å²) in [4.78, 5) is 40.5. The van der Waals surface area contributed by atoms with Gasteiger partial charge in [0.15, 0.2) is 10.9 Å². The predicted molar refractivity (Wildman–Crippen MR) is 109 cm³/mol. The molecular weight excluding hydrogens is 378 g/mol. The van der Waals surface area contributed by atoms with Gasteiger partial charge in [0.2, 0.25) is 0 Å². The summed E-state index contributed by atoms with van der Waals surface area (Å²) >= 11 is 1.16. The van der Waals surface area contributed by atoms with Crippen LogP contribution in [-0.4, -0.2) is 26.0 Å². The third-order valence-electron chi connectivity index (χ3n) is 4.35. The van der Waals surface area contributed by atoms with Gasteiger partial charge in [-0.2, -0.15) is 0 Å². The second kappa shape index (κ2) is 7.93. The molecule has 0 saturated heterocycles. The second-order valence-corrected chi connectivity index (χ2v) is 7.59. The van der Waals surface area contributed by atoms with E-state index in [1.807, 2.05) is 13.8 Å². The van der Waals surface area contributed by atoms with Gasteiger partial charge < -0.3 is 0 Å². The highest BCUT2D eigenvalue weighted by Crippen LogP contribution is 2.24. The maximum atomic E-state index is 12.8. The van der Waals surface area contributed by atoms with Crippen LogP contribution in [0.5, 0.6) is 0 Å². The molecule has 2 aromatic carbocycles. The molecule has 3 rings (SSSR count). The van der Waals surface area contributed by atoms with E-state index in [4.69, 9.17) is 0 Å². The standard InChI is InChI=1S/C20H19N3O4S/c1-12(2)22-19(25)15-6-4-5-7-16(15)21-20(22)28-11-18(24)14-9-8-13(3)17(10-14)23(26)27/h4-10,12H,11H2,1-3H3. The summed E-state index contributed by atoms with van der Waals surface area (Å²) < 4.78 is 1.57. The molecule has 0 radical (unpaired) electrons. The van der Waals surface area contributed by atoms with Gasteiger partial charge in [0.1, 0.15) is 0 Å². The van der Waals surface area contributed by atoms with Crippen LogP contribution >= 0.6 is 11.8 Å². The molecule has 0 bridgehead atoms. The Kier molecular flexibility index (Phi) is 5.60. The van der Waals surface area contributed by atoms with E-state index in [-0.39, 0.29) is 34.4 Å². The number of Topliss-reactive ketones (excluding diaryl/α,β-unsaturated/α-hetero) is 1. The van der Waals surface area contributed by atoms with Crippen molar-refractivity contribution in [1.29, 1.82) is 0 Å². The number of hydrogen-bond acceptors (Lipinski definition) is 6. The number of para-hydroxylation sites is 1. The molecule has 1 heterocycles. The molecule has 0 amide bonds. The SMILES string of the molecule is Cc1ccc(C(=O)CSc2nc3ccccc3c(=O)n2C(C)C)cc1[N+](=O)[O-]. The Morgan fingerprint density at radius 2 is 1.96 bits per heavy atom. The Hall–Kier alpha value is -3.00. The Labute approximate surface area is 165 Å². The molecule has 3 aromatic rings. The molecular formula is C20H19N3O4S. The first kappa shape index (κ1) is 19.8. The Balaban J connectivity index is 1.92. The third-order valence-corrected chi connectivity index (χ3v) is 5.30. The lowest BCUT2D eigenvalue weighted by Gasteiger charge is -2.15. The highest BCUT2D eigenvalue weighted by molar-refractivity contribution is 7.99. The van der Waals surface area contributed by atoms with Gasteiger partial charge in [0.05, 0.1) is 21.6 Å². The van der Waals surface area contributed by atoms with Crippen molar-refractivity contribution in [3.8, 4) is 0 Å². The molecule has 28 heavy (non-hydrogen) atoms. The summed E-state index contributed by atoms with van der Waals surface area (Å²) in [6, 6.07) is 11.4. The molecule has 0 aliphatic carbocycles. The third kappa shape index (κ3) is 3.82. The largest absolute Gasteiger partial charge is 0.293 e. The van der Waals surface area contributed by atoms with E-state index in [0.717, 1.165) is 11.8 Å². The number of thioether (sulfide) groups is 1. The summed E-state index contributed by atoms with van der Waals surface area (Å²) in [5.74, 6) is -0.233. The van der Waals surface area contributed by atoms with E-state index in [2.05, 4.69) is 4.98 Å². The minimum absolute atomic E-state index is 0.0255. The molecule has 0 N–H and O–H groups in total. The Morgan fingerprint density at radius 3 is 2.64 bits per heavy atom. The van der Waals surface area contributed by atoms with E-state index < -0.39 is 4.92 Å². The number of aryl methyl sites for hydroxylation is 1. The van der Waals surface area contributed by atoms with Gasteiger partial charge in [-0.25, -0.2) is 4.98 Å². The average molecular weight is 397 g/mol. The number of nitro benzene ring substituents is 1. The fourth-order valence-electron chi connectivity index (χ4n) is 2.88. The van der Waals surface area contributed by atoms with E-state index in [0.29, 0.717) is 21.6 Å². The Morgan fingerprint density at radius 1 is 1.25 bits per heavy atom. The zero-order chi connectivity index (χ0) is 20.4. The van der Waals surface area contributed by atoms with Crippen LogP contribution in [-0.2, 0) is 0 Å². The van der Waals surface area contributed by atoms with E-state index in [1.165, 1.54) is 6.07 Å². The summed E-state index contributed by atoms with van der Waals surface area (Å²) in [5.41, 5.74) is 1.11. The number of rotatable bonds is 6. The number of carbonyl (C=O) groups is 1. The van der Waals surface area contributed by atoms with Gasteiger partial charge in [-0.1, -0.05) is 36.0 Å². The smallest absolute Gasteiger partial charge is 0.273 e. The van der Waals surface area contributed by atoms with Crippen molar-refractivity contribution in [3.63, 3.8) is 0 Å². The number of aromatic nitrogens is 2. The number of carbonyl (C=O) groups excluding carboxylic acids is 1. The van der Waals surface area contributed by atoms with Crippen LogP contribution in [0.1, 0.15) is 35.8 Å². The molecule has 7 nitrogen and oxygen atoms in total. The topological polar surface area (TPSA) is 95.1 Å². The minimum atomic E-state index is -0.499. The average Bonchev–Trinajstić information content (AvgIpc) is 2.66. The monoisotopic (exact) mass is 397 g/mol. The maximum absolute atomic E-state index is 12.8. The normalized spacial score (nSPS) is 11.1. The molecule has 0 unspecified atom stereocenters. The fourth-order valence-corrected chi connectivity index (χ4v) is 3.90. The van der Waals surface area contributed by atoms with Crippen LogP contribution in [0.15, 0.2) is 52.4 Å². The highest BCUT2D eigenvalue weighted by Gasteiger charge is 2.18. The van der Waals surface area contributed by atoms with Crippen molar-refractivity contribution in [1.82, 2.24) is 9.55 Å². The maximum Gasteiger partial charge on any atom is 0.273 e. The summed E-state index contributed by atoms with van der Waals surface area (Å²) in [6.45, 7) is 5.39. The van der Waals surface area contributed by atoms with Crippen molar-refractivity contribution in [2.24, 2.45) is 0 Å². The number of hydrogen-bond donors (Lipinski definition) is 0. The zero-order valence-corrected chi connectivity index (χ0v) is 16.5. The summed E-state index contributed by atoms with van der Waals surface area (Å²) in [6.07, 6.45) is 0. The van der Waals surface area contributed by atoms with E-state index >= 15 is 0 Å². The van der Waals surface area contributed by atoms with Crippen molar-refractivity contribution < 1.29 is 9.72 Å². The van der Waals surface area contributed by atoms with Crippen LogP contribution in [0, 0.1) is 17.0 Å². The first-order valence-corrected chi connectivity index (χ1v) is 9.70. The summed E-state index contributed by atoms with van der Waals surface area (Å²) in [5, 5.41) is 12.1. The molecule has 144 valence electrons. The minimum Gasteiger partial charge on any atom is -0.293 e. The lowest BCUT2D eigenvalue weighted by atomic mass is 10.1. The van der Waals surface area contributed by atoms with Gasteiger partial charge in [0, 0.05) is 23.2 Å². The number of fused-ring (bicyclic) bond motifs is 1. The highest BCUT2D eigenvalue weighted by atomic mass is 32.2. The Bertz CT molecular complexity index is 1140. The van der Waals surface area contributed by atoms with Crippen LogP contribution < -0.4 is 5.56 Å². The van der Waals surface area contributed by atoms with Crippen LogP contribution in [0.4, 0.5) is 5.69 Å². The number of nitro groups is 1. The molecule has 0 spiro atoms. The van der Waals surface area contributed by atoms with Crippen molar-refractivity contribution >= 4 is 34.1 Å². The molecule has 0 aliphatic rings. The first-order valence-electron chi connectivity index (χ1n) is 8.72. The van der Waals surface area contributed by atoms with E-state index in [9.17, 15) is 19.7 Å². The van der Waals surface area contributed by atoms with Gasteiger partial charge in [-0.15, -0.1) is 0 Å². The molecule has 1 aromatic heterocycles.